The molecule has 0 unspecified atom stereocenters. The Kier molecular flexibility index (Phi) is 4.50. The van der Waals surface area contributed by atoms with Crippen molar-refractivity contribution in [2.75, 3.05) is 0 Å². The Morgan fingerprint density at radius 2 is 1.37 bits per heavy atom. The molecule has 2 aromatic rings. The molecule has 0 bridgehead atoms. The van der Waals surface area contributed by atoms with Crippen molar-refractivity contribution in [2.24, 2.45) is 0 Å². The van der Waals surface area contributed by atoms with Gasteiger partial charge in [-0.3, -0.25) is 0 Å². The van der Waals surface area contributed by atoms with E-state index in [4.69, 9.17) is 34.8 Å². The Morgan fingerprint density at radius 1 is 0.842 bits per heavy atom. The van der Waals surface area contributed by atoms with Crippen molar-refractivity contribution in [3.05, 3.63) is 51.5 Å². The molecule has 1 nitrogen and oxygen atoms in total. The minimum Gasteiger partial charge on any atom is -0.435 e. The normalized spacial score (nSPS) is 10.8. The first-order chi connectivity index (χ1) is 8.97. The van der Waals surface area contributed by atoms with Crippen molar-refractivity contribution in [3.8, 4) is 16.9 Å². The van der Waals surface area contributed by atoms with Gasteiger partial charge in [-0.1, -0.05) is 46.9 Å². The molecule has 2 rings (SSSR count). The van der Waals surface area contributed by atoms with Gasteiger partial charge in [-0.05, 0) is 35.4 Å². The van der Waals surface area contributed by atoms with Crippen LogP contribution >= 0.6 is 34.8 Å². The second-order valence-corrected chi connectivity index (χ2v) is 4.85. The predicted octanol–water partition coefficient (Wildman–Crippen LogP) is 5.92. The lowest BCUT2D eigenvalue weighted by atomic mass is 10.1. The van der Waals surface area contributed by atoms with Gasteiger partial charge < -0.3 is 4.74 Å². The maximum atomic E-state index is 12.0. The minimum absolute atomic E-state index is 0.0879. The second-order valence-electron chi connectivity index (χ2n) is 3.66. The van der Waals surface area contributed by atoms with Gasteiger partial charge >= 0.3 is 6.61 Å². The van der Waals surface area contributed by atoms with Crippen LogP contribution in [0.4, 0.5) is 8.78 Å². The van der Waals surface area contributed by atoms with Crippen LogP contribution in [0.1, 0.15) is 0 Å². The van der Waals surface area contributed by atoms with Crippen LogP contribution in [0.25, 0.3) is 11.1 Å². The summed E-state index contributed by atoms with van der Waals surface area (Å²) in [6.07, 6.45) is 0. The standard InChI is InChI=1S/C13H7Cl3F2O/c14-10-5-8(6-11(15)12(10)16)7-1-3-9(4-2-7)19-13(17)18/h1-6,13H. The summed E-state index contributed by atoms with van der Waals surface area (Å²) in [5.41, 5.74) is 1.50. The lowest BCUT2D eigenvalue weighted by Gasteiger charge is -2.08. The fourth-order valence-corrected chi connectivity index (χ4v) is 2.15. The average Bonchev–Trinajstić information content (AvgIpc) is 2.35. The van der Waals surface area contributed by atoms with E-state index in [1.807, 2.05) is 0 Å². The van der Waals surface area contributed by atoms with Crippen molar-refractivity contribution in [3.63, 3.8) is 0 Å². The van der Waals surface area contributed by atoms with Gasteiger partial charge in [0.05, 0.1) is 15.1 Å². The quantitative estimate of drug-likeness (QED) is 0.637. The van der Waals surface area contributed by atoms with Gasteiger partial charge in [0.15, 0.2) is 0 Å². The Bertz CT molecular complexity index is 562. The van der Waals surface area contributed by atoms with Crippen LogP contribution in [0.15, 0.2) is 36.4 Å². The molecule has 19 heavy (non-hydrogen) atoms. The first kappa shape index (κ1) is 14.4. The van der Waals surface area contributed by atoms with Gasteiger partial charge in [0, 0.05) is 0 Å². The van der Waals surface area contributed by atoms with E-state index in [0.717, 1.165) is 11.1 Å². The summed E-state index contributed by atoms with van der Waals surface area (Å²) in [7, 11) is 0. The zero-order valence-electron chi connectivity index (χ0n) is 9.34. The molecule has 2 aromatic carbocycles. The summed E-state index contributed by atoms with van der Waals surface area (Å²) in [5.74, 6) is 0.0879. The Hall–Kier alpha value is -1.03. The summed E-state index contributed by atoms with van der Waals surface area (Å²) in [5, 5.41) is 0.943. The number of benzene rings is 2. The van der Waals surface area contributed by atoms with Gasteiger partial charge in [-0.2, -0.15) is 8.78 Å². The molecule has 6 heteroatoms. The maximum Gasteiger partial charge on any atom is 0.387 e. The van der Waals surface area contributed by atoms with Crippen LogP contribution in [0, 0.1) is 0 Å². The number of halogens is 5. The summed E-state index contributed by atoms with van der Waals surface area (Å²) < 4.78 is 28.3. The van der Waals surface area contributed by atoms with Gasteiger partial charge in [0.25, 0.3) is 0 Å². The van der Waals surface area contributed by atoms with E-state index < -0.39 is 6.61 Å². The highest BCUT2D eigenvalue weighted by Gasteiger charge is 2.08. The molecule has 0 saturated carbocycles. The van der Waals surface area contributed by atoms with Gasteiger partial charge in [-0.15, -0.1) is 0 Å². The van der Waals surface area contributed by atoms with Crippen molar-refractivity contribution in [2.45, 2.75) is 6.61 Å². The lowest BCUT2D eigenvalue weighted by molar-refractivity contribution is -0.0498. The fraction of sp³-hybridized carbons (Fsp3) is 0.0769. The van der Waals surface area contributed by atoms with Gasteiger partial charge in [0.1, 0.15) is 5.75 Å². The summed E-state index contributed by atoms with van der Waals surface area (Å²) in [4.78, 5) is 0. The zero-order chi connectivity index (χ0) is 14.0. The largest absolute Gasteiger partial charge is 0.435 e. The zero-order valence-corrected chi connectivity index (χ0v) is 11.6. The van der Waals surface area contributed by atoms with E-state index in [0.29, 0.717) is 10.0 Å². The molecular weight excluding hydrogens is 316 g/mol. The van der Waals surface area contributed by atoms with E-state index >= 15 is 0 Å². The molecule has 0 atom stereocenters. The molecule has 0 aromatic heterocycles. The van der Waals surface area contributed by atoms with E-state index in [1.54, 1.807) is 24.3 Å². The maximum absolute atomic E-state index is 12.0. The first-order valence-corrected chi connectivity index (χ1v) is 6.30. The summed E-state index contributed by atoms with van der Waals surface area (Å²) >= 11 is 17.7. The van der Waals surface area contributed by atoms with Crippen LogP contribution in [0.2, 0.25) is 15.1 Å². The lowest BCUT2D eigenvalue weighted by Crippen LogP contribution is -2.01. The van der Waals surface area contributed by atoms with Gasteiger partial charge in [0.2, 0.25) is 0 Å². The van der Waals surface area contributed by atoms with E-state index in [-0.39, 0.29) is 10.8 Å². The number of alkyl halides is 2. The van der Waals surface area contributed by atoms with Crippen molar-refractivity contribution >= 4 is 34.8 Å². The van der Waals surface area contributed by atoms with Gasteiger partial charge in [-0.25, -0.2) is 0 Å². The molecular formula is C13H7Cl3F2O. The third-order valence-electron chi connectivity index (χ3n) is 2.40. The van der Waals surface area contributed by atoms with Crippen LogP contribution < -0.4 is 4.74 Å². The number of rotatable bonds is 3. The average molecular weight is 324 g/mol. The van der Waals surface area contributed by atoms with E-state index in [1.165, 1.54) is 12.1 Å². The third-order valence-corrected chi connectivity index (χ3v) is 3.59. The van der Waals surface area contributed by atoms with Crippen LogP contribution in [0.5, 0.6) is 5.75 Å². The topological polar surface area (TPSA) is 9.23 Å². The van der Waals surface area contributed by atoms with Crippen molar-refractivity contribution in [1.82, 2.24) is 0 Å². The van der Waals surface area contributed by atoms with Crippen molar-refractivity contribution < 1.29 is 13.5 Å². The molecule has 0 saturated heterocycles. The molecule has 0 heterocycles. The molecule has 0 spiro atoms. The number of ether oxygens (including phenoxy) is 1. The fourth-order valence-electron chi connectivity index (χ4n) is 1.55. The predicted molar refractivity (Wildman–Crippen MR) is 73.5 cm³/mol. The molecule has 0 fully saturated rings. The third kappa shape index (κ3) is 3.50. The molecule has 0 radical (unpaired) electrons. The van der Waals surface area contributed by atoms with Crippen LogP contribution in [-0.4, -0.2) is 6.61 Å². The smallest absolute Gasteiger partial charge is 0.387 e. The Balaban J connectivity index is 2.32. The highest BCUT2D eigenvalue weighted by atomic mass is 35.5. The molecule has 0 amide bonds. The van der Waals surface area contributed by atoms with Crippen molar-refractivity contribution in [1.29, 1.82) is 0 Å². The molecule has 0 aliphatic heterocycles. The minimum atomic E-state index is -2.84. The SMILES string of the molecule is FC(F)Oc1ccc(-c2cc(Cl)c(Cl)c(Cl)c2)cc1. The molecule has 100 valence electrons. The second kappa shape index (κ2) is 5.95. The summed E-state index contributed by atoms with van der Waals surface area (Å²) in [6, 6.07) is 9.45. The molecule has 0 N–H and O–H groups in total. The number of hydrogen-bond acceptors (Lipinski definition) is 1. The Morgan fingerprint density at radius 3 is 1.84 bits per heavy atom. The van der Waals surface area contributed by atoms with E-state index in [2.05, 4.69) is 4.74 Å². The van der Waals surface area contributed by atoms with Crippen LogP contribution in [-0.2, 0) is 0 Å². The van der Waals surface area contributed by atoms with Crippen LogP contribution in [0.3, 0.4) is 0 Å². The highest BCUT2D eigenvalue weighted by molar-refractivity contribution is 6.48. The monoisotopic (exact) mass is 322 g/mol. The van der Waals surface area contributed by atoms with E-state index in [9.17, 15) is 8.78 Å². The molecule has 0 aliphatic rings. The highest BCUT2D eigenvalue weighted by Crippen LogP contribution is 2.35. The molecule has 0 aliphatic carbocycles. The summed E-state index contributed by atoms with van der Waals surface area (Å²) in [6.45, 7) is -2.84. The Labute approximate surface area is 123 Å². The first-order valence-electron chi connectivity index (χ1n) is 5.17. The number of hydrogen-bond donors (Lipinski definition) is 0.